The minimum atomic E-state index is -4.75. The normalized spacial score (nSPS) is 18.0. The molecule has 0 radical (unpaired) electrons. The zero-order valence-corrected chi connectivity index (χ0v) is 35.5. The molecule has 1 heterocycles. The van der Waals surface area contributed by atoms with Crippen LogP contribution in [-0.4, -0.2) is 72.1 Å². The summed E-state index contributed by atoms with van der Waals surface area (Å²) in [5.74, 6) is -2.52. The number of epoxide rings is 1. The molecular formula is C44H72NO11P. The number of phosphoric acid groups is 1. The Bertz CT molecular complexity index is 1310. The number of esters is 2. The standard InChI is InChI=1S/C44H72NO11P/c1-3-5-7-9-11-12-13-14-15-16-17-18-21-25-29-33-42(46)52-35-38(36-53-57(50,51)54-37-39(45)44(48)49)55-43(47)34-30-26-22-19-20-24-28-32-41-40(56-41)31-27-23-10-8-6-4-2/h11-12,14-15,17-19,22-24,27-28,38-41H,3-10,13,16,20-21,25-26,29-37,45H2,1-2H3,(H,48,49)(H,50,51)/b12-11-,15-14-,18-17-,22-19-,27-23-,28-24-/t38-,39+,40?,41?/m1/s1. The SMILES string of the molecule is CCCCC/C=C\C/C=C\C/C=C\CCCCC(=O)OC[C@H](COP(=O)(O)OC[C@H](N)C(=O)O)OC(=O)CCC/C=C\C/C=C\CC1OC1C/C=C\CCCCC. The number of nitrogens with two attached hydrogens (primary N) is 1. The summed E-state index contributed by atoms with van der Waals surface area (Å²) in [5, 5.41) is 8.88. The van der Waals surface area contributed by atoms with E-state index in [1.165, 1.54) is 38.5 Å². The highest BCUT2D eigenvalue weighted by atomic mass is 31.2. The Morgan fingerprint density at radius 1 is 0.632 bits per heavy atom. The zero-order valence-electron chi connectivity index (χ0n) is 34.6. The second kappa shape index (κ2) is 34.9. The fraction of sp³-hybridized carbons (Fsp3) is 0.659. The van der Waals surface area contributed by atoms with Gasteiger partial charge in [0.1, 0.15) is 12.6 Å². The summed E-state index contributed by atoms with van der Waals surface area (Å²) < 4.78 is 38.3. The highest BCUT2D eigenvalue weighted by Crippen LogP contribution is 2.43. The molecular weight excluding hydrogens is 749 g/mol. The quantitative estimate of drug-likeness (QED) is 0.0177. The fourth-order valence-electron chi connectivity index (χ4n) is 5.34. The number of hydrogen-bond acceptors (Lipinski definition) is 10. The van der Waals surface area contributed by atoms with Gasteiger partial charge in [0, 0.05) is 12.8 Å². The van der Waals surface area contributed by atoms with E-state index in [1.807, 2.05) is 12.2 Å². The first-order chi connectivity index (χ1) is 27.6. The molecule has 0 bridgehead atoms. The third kappa shape index (κ3) is 32.5. The van der Waals surface area contributed by atoms with Gasteiger partial charge in [-0.3, -0.25) is 23.4 Å². The topological polar surface area (TPSA) is 184 Å². The van der Waals surface area contributed by atoms with Crippen molar-refractivity contribution < 1.29 is 52.2 Å². The Morgan fingerprint density at radius 3 is 1.65 bits per heavy atom. The number of ether oxygens (including phenoxy) is 3. The lowest BCUT2D eigenvalue weighted by molar-refractivity contribution is -0.161. The number of hydrogen-bond donors (Lipinski definition) is 3. The summed E-state index contributed by atoms with van der Waals surface area (Å²) >= 11 is 0. The monoisotopic (exact) mass is 821 g/mol. The molecule has 12 nitrogen and oxygen atoms in total. The number of rotatable bonds is 37. The first-order valence-electron chi connectivity index (χ1n) is 21.1. The van der Waals surface area contributed by atoms with Gasteiger partial charge in [-0.1, -0.05) is 112 Å². The molecule has 1 rings (SSSR count). The first kappa shape index (κ1) is 51.9. The van der Waals surface area contributed by atoms with Gasteiger partial charge < -0.3 is 29.9 Å². The van der Waals surface area contributed by atoms with E-state index < -0.39 is 57.7 Å². The molecule has 0 aromatic heterocycles. The van der Waals surface area contributed by atoms with E-state index in [9.17, 15) is 23.8 Å². The Balaban J connectivity index is 2.38. The summed E-state index contributed by atoms with van der Waals surface area (Å²) in [7, 11) is -4.75. The Kier molecular flexibility index (Phi) is 31.8. The largest absolute Gasteiger partial charge is 0.480 e. The Labute approximate surface area is 342 Å². The maximum atomic E-state index is 12.6. The molecule has 1 fully saturated rings. The van der Waals surface area contributed by atoms with Crippen LogP contribution in [-0.2, 0) is 42.2 Å². The molecule has 0 aliphatic carbocycles. The van der Waals surface area contributed by atoms with Crippen molar-refractivity contribution in [3.63, 3.8) is 0 Å². The molecule has 1 saturated heterocycles. The summed E-state index contributed by atoms with van der Waals surface area (Å²) in [6.45, 7) is 2.61. The first-order valence-corrected chi connectivity index (χ1v) is 22.6. The van der Waals surface area contributed by atoms with E-state index in [0.717, 1.165) is 57.8 Å². The highest BCUT2D eigenvalue weighted by molar-refractivity contribution is 7.47. The van der Waals surface area contributed by atoms with Gasteiger partial charge in [0.2, 0.25) is 0 Å². The number of carbonyl (C=O) groups excluding carboxylic acids is 2. The summed E-state index contributed by atoms with van der Waals surface area (Å²) in [6, 6.07) is -1.54. The van der Waals surface area contributed by atoms with Crippen LogP contribution < -0.4 is 5.73 Å². The highest BCUT2D eigenvalue weighted by Gasteiger charge is 2.36. The third-order valence-corrected chi connectivity index (χ3v) is 9.78. The summed E-state index contributed by atoms with van der Waals surface area (Å²) in [4.78, 5) is 45.9. The van der Waals surface area contributed by atoms with Crippen molar-refractivity contribution in [2.45, 2.75) is 167 Å². The molecule has 324 valence electrons. The van der Waals surface area contributed by atoms with Crippen molar-refractivity contribution >= 4 is 25.7 Å². The van der Waals surface area contributed by atoms with E-state index in [2.05, 4.69) is 79.1 Å². The smallest absolute Gasteiger partial charge is 0.472 e. The molecule has 0 saturated carbocycles. The van der Waals surface area contributed by atoms with E-state index in [0.29, 0.717) is 31.5 Å². The van der Waals surface area contributed by atoms with Crippen molar-refractivity contribution in [1.82, 2.24) is 0 Å². The minimum absolute atomic E-state index is 0.0678. The second-order valence-electron chi connectivity index (χ2n) is 14.1. The predicted octanol–water partition coefficient (Wildman–Crippen LogP) is 9.93. The third-order valence-electron chi connectivity index (χ3n) is 8.83. The van der Waals surface area contributed by atoms with Crippen molar-refractivity contribution in [3.05, 3.63) is 72.9 Å². The predicted molar refractivity (Wildman–Crippen MR) is 225 cm³/mol. The lowest BCUT2D eigenvalue weighted by Crippen LogP contribution is -2.34. The molecule has 0 spiro atoms. The lowest BCUT2D eigenvalue weighted by atomic mass is 10.1. The molecule has 0 aromatic rings. The summed E-state index contributed by atoms with van der Waals surface area (Å²) in [6.07, 6.45) is 42.9. The molecule has 0 aromatic carbocycles. The fourth-order valence-corrected chi connectivity index (χ4v) is 6.12. The Hall–Kier alpha value is -3.12. The Morgan fingerprint density at radius 2 is 1.09 bits per heavy atom. The maximum absolute atomic E-state index is 12.6. The van der Waals surface area contributed by atoms with Crippen LogP contribution in [0.2, 0.25) is 0 Å². The maximum Gasteiger partial charge on any atom is 0.472 e. The number of carboxylic acid groups (broad SMARTS) is 1. The van der Waals surface area contributed by atoms with Crippen LogP contribution in [0.15, 0.2) is 72.9 Å². The number of carboxylic acids is 1. The molecule has 13 heteroatoms. The van der Waals surface area contributed by atoms with E-state index >= 15 is 0 Å². The van der Waals surface area contributed by atoms with Crippen LogP contribution in [0.25, 0.3) is 0 Å². The van der Waals surface area contributed by atoms with Crippen LogP contribution >= 0.6 is 7.82 Å². The molecule has 5 atom stereocenters. The van der Waals surface area contributed by atoms with Gasteiger partial charge in [-0.05, 0) is 89.9 Å². The average Bonchev–Trinajstić information content (AvgIpc) is 3.94. The molecule has 57 heavy (non-hydrogen) atoms. The van der Waals surface area contributed by atoms with Gasteiger partial charge in [-0.25, -0.2) is 4.57 Å². The van der Waals surface area contributed by atoms with Crippen molar-refractivity contribution in [1.29, 1.82) is 0 Å². The molecule has 3 unspecified atom stereocenters. The van der Waals surface area contributed by atoms with Gasteiger partial charge in [0.15, 0.2) is 6.10 Å². The van der Waals surface area contributed by atoms with Crippen LogP contribution in [0.3, 0.4) is 0 Å². The van der Waals surface area contributed by atoms with Gasteiger partial charge >= 0.3 is 25.7 Å². The van der Waals surface area contributed by atoms with Crippen LogP contribution in [0.1, 0.15) is 142 Å². The van der Waals surface area contributed by atoms with Gasteiger partial charge in [-0.15, -0.1) is 0 Å². The van der Waals surface area contributed by atoms with Gasteiger partial charge in [0.05, 0.1) is 25.4 Å². The van der Waals surface area contributed by atoms with Gasteiger partial charge in [0.25, 0.3) is 0 Å². The number of aliphatic carboxylic acids is 1. The number of carbonyl (C=O) groups is 3. The van der Waals surface area contributed by atoms with E-state index in [1.54, 1.807) is 0 Å². The van der Waals surface area contributed by atoms with Crippen LogP contribution in [0.5, 0.6) is 0 Å². The van der Waals surface area contributed by atoms with Crippen LogP contribution in [0.4, 0.5) is 0 Å². The van der Waals surface area contributed by atoms with E-state index in [-0.39, 0.29) is 12.8 Å². The minimum Gasteiger partial charge on any atom is -0.480 e. The molecule has 0 amide bonds. The summed E-state index contributed by atoms with van der Waals surface area (Å²) in [5.41, 5.74) is 5.32. The average molecular weight is 822 g/mol. The van der Waals surface area contributed by atoms with Crippen molar-refractivity contribution in [2.75, 3.05) is 19.8 Å². The number of allylic oxidation sites excluding steroid dienone is 10. The molecule has 1 aliphatic rings. The van der Waals surface area contributed by atoms with E-state index in [4.69, 9.17) is 29.6 Å². The zero-order chi connectivity index (χ0) is 41.8. The van der Waals surface area contributed by atoms with Gasteiger partial charge in [-0.2, -0.15) is 0 Å². The molecule has 1 aliphatic heterocycles. The second-order valence-corrected chi connectivity index (χ2v) is 15.6. The van der Waals surface area contributed by atoms with Crippen molar-refractivity contribution in [2.24, 2.45) is 5.73 Å². The lowest BCUT2D eigenvalue weighted by Gasteiger charge is -2.20. The van der Waals surface area contributed by atoms with Crippen LogP contribution in [0, 0.1) is 0 Å². The molecule has 4 N–H and O–H groups in total. The number of unbranched alkanes of at least 4 members (excludes halogenated alkanes) is 9. The number of phosphoric ester groups is 1. The van der Waals surface area contributed by atoms with Crippen molar-refractivity contribution in [3.8, 4) is 0 Å².